The third kappa shape index (κ3) is 3.71. The smallest absolute Gasteiger partial charge is 0.248 e. The van der Waals surface area contributed by atoms with Crippen LogP contribution in [0.1, 0.15) is 16.9 Å². The Morgan fingerprint density at radius 3 is 2.72 bits per heavy atom. The van der Waals surface area contributed by atoms with Crippen molar-refractivity contribution in [1.29, 1.82) is 0 Å². The number of fused-ring (bicyclic) bond motifs is 2. The highest BCUT2D eigenvalue weighted by Gasteiger charge is 2.33. The van der Waals surface area contributed by atoms with Gasteiger partial charge in [-0.3, -0.25) is 4.79 Å². The van der Waals surface area contributed by atoms with E-state index in [0.29, 0.717) is 35.2 Å². The summed E-state index contributed by atoms with van der Waals surface area (Å²) in [5, 5.41) is 3.00. The van der Waals surface area contributed by atoms with Crippen molar-refractivity contribution in [2.45, 2.75) is 13.0 Å². The Hall–Kier alpha value is -3.71. The van der Waals surface area contributed by atoms with E-state index < -0.39 is 0 Å². The lowest BCUT2D eigenvalue weighted by molar-refractivity contribution is -0.111. The lowest BCUT2D eigenvalue weighted by Gasteiger charge is -2.29. The van der Waals surface area contributed by atoms with Gasteiger partial charge in [0.15, 0.2) is 11.5 Å². The number of anilines is 1. The monoisotopic (exact) mass is 432 g/mol. The molecule has 2 aliphatic rings. The standard InChI is InChI=1S/C25H24N2O5/c1-27-13-12-18-19(14-27)23(29-2)25-24(30-15-31-25)22(18)26-21(28)11-9-17-8-10-20(32-17)16-6-4-3-5-7-16/h3-11H,12-15H2,1-2H3,(H,26,28). The van der Waals surface area contributed by atoms with Gasteiger partial charge >= 0.3 is 0 Å². The zero-order valence-corrected chi connectivity index (χ0v) is 18.0. The Labute approximate surface area is 186 Å². The maximum atomic E-state index is 12.8. The number of rotatable bonds is 5. The molecule has 0 spiro atoms. The zero-order chi connectivity index (χ0) is 22.1. The first kappa shape index (κ1) is 20.2. The number of nitrogens with zero attached hydrogens (tertiary/aromatic N) is 1. The fraction of sp³-hybridized carbons (Fsp3) is 0.240. The van der Waals surface area contributed by atoms with Crippen LogP contribution in [0.3, 0.4) is 0 Å². The van der Waals surface area contributed by atoms with E-state index in [-0.39, 0.29) is 12.7 Å². The number of methoxy groups -OCH3 is 1. The molecule has 7 nitrogen and oxygen atoms in total. The number of nitrogens with one attached hydrogen (secondary N) is 1. The highest BCUT2D eigenvalue weighted by Crippen LogP contribution is 2.52. The van der Waals surface area contributed by atoms with Crippen molar-refractivity contribution in [2.24, 2.45) is 0 Å². The largest absolute Gasteiger partial charge is 0.492 e. The van der Waals surface area contributed by atoms with E-state index in [1.807, 2.05) is 42.5 Å². The molecule has 2 aromatic carbocycles. The van der Waals surface area contributed by atoms with Gasteiger partial charge in [-0.25, -0.2) is 0 Å². The number of carbonyl (C=O) groups excluding carboxylic acids is 1. The van der Waals surface area contributed by atoms with Crippen LogP contribution in [0.25, 0.3) is 17.4 Å². The van der Waals surface area contributed by atoms with Gasteiger partial charge in [0.05, 0.1) is 12.8 Å². The summed E-state index contributed by atoms with van der Waals surface area (Å²) in [4.78, 5) is 15.0. The Kier molecular flexibility index (Phi) is 5.33. The van der Waals surface area contributed by atoms with E-state index in [0.717, 1.165) is 35.4 Å². The van der Waals surface area contributed by atoms with Crippen LogP contribution in [0.4, 0.5) is 5.69 Å². The summed E-state index contributed by atoms with van der Waals surface area (Å²) in [5.74, 6) is 2.82. The summed E-state index contributed by atoms with van der Waals surface area (Å²) in [7, 11) is 3.68. The first-order valence-corrected chi connectivity index (χ1v) is 10.5. The molecule has 0 atom stereocenters. The van der Waals surface area contributed by atoms with Crippen LogP contribution in [0, 0.1) is 0 Å². The average molecular weight is 432 g/mol. The SMILES string of the molecule is COc1c2c(c(NC(=O)C=Cc3ccc(-c4ccccc4)o3)c3c1OCO3)CCN(C)C2. The number of ether oxygens (including phenoxy) is 3. The Balaban J connectivity index is 1.40. The second-order valence-electron chi connectivity index (χ2n) is 7.81. The third-order valence-corrected chi connectivity index (χ3v) is 5.69. The van der Waals surface area contributed by atoms with Crippen LogP contribution in [-0.4, -0.2) is 38.3 Å². The molecule has 1 amide bonds. The number of amides is 1. The molecule has 2 aliphatic heterocycles. The van der Waals surface area contributed by atoms with Gasteiger partial charge in [-0.05, 0) is 37.2 Å². The van der Waals surface area contributed by atoms with E-state index >= 15 is 0 Å². The number of benzene rings is 2. The van der Waals surface area contributed by atoms with E-state index in [9.17, 15) is 4.79 Å². The predicted molar refractivity (Wildman–Crippen MR) is 121 cm³/mol. The number of hydrogen-bond acceptors (Lipinski definition) is 6. The van der Waals surface area contributed by atoms with Gasteiger partial charge in [0, 0.05) is 30.3 Å². The molecule has 0 saturated carbocycles. The zero-order valence-electron chi connectivity index (χ0n) is 18.0. The van der Waals surface area contributed by atoms with Crippen molar-refractivity contribution in [2.75, 3.05) is 32.8 Å². The number of carbonyl (C=O) groups is 1. The van der Waals surface area contributed by atoms with Crippen molar-refractivity contribution >= 4 is 17.7 Å². The molecule has 5 rings (SSSR count). The molecule has 0 saturated heterocycles. The van der Waals surface area contributed by atoms with Crippen molar-refractivity contribution in [1.82, 2.24) is 4.90 Å². The minimum atomic E-state index is -0.272. The molecule has 0 radical (unpaired) electrons. The molecule has 1 N–H and O–H groups in total. The van der Waals surface area contributed by atoms with E-state index in [2.05, 4.69) is 17.3 Å². The summed E-state index contributed by atoms with van der Waals surface area (Å²) in [6.45, 7) is 1.68. The van der Waals surface area contributed by atoms with Gasteiger partial charge < -0.3 is 28.8 Å². The molecule has 3 heterocycles. The van der Waals surface area contributed by atoms with Crippen LogP contribution in [-0.2, 0) is 17.8 Å². The fourth-order valence-electron chi connectivity index (χ4n) is 4.16. The number of likely N-dealkylation sites (N-methyl/N-ethyl adjacent to an activating group) is 1. The lowest BCUT2D eigenvalue weighted by atomic mass is 9.95. The van der Waals surface area contributed by atoms with Crippen molar-refractivity contribution in [3.8, 4) is 28.6 Å². The second kappa shape index (κ2) is 8.43. The van der Waals surface area contributed by atoms with Crippen LogP contribution in [0.5, 0.6) is 17.2 Å². The van der Waals surface area contributed by atoms with Crippen LogP contribution < -0.4 is 19.5 Å². The quantitative estimate of drug-likeness (QED) is 0.606. The topological polar surface area (TPSA) is 73.2 Å². The lowest BCUT2D eigenvalue weighted by Crippen LogP contribution is -2.28. The molecule has 0 aliphatic carbocycles. The van der Waals surface area contributed by atoms with Gasteiger partial charge in [0.2, 0.25) is 18.4 Å². The molecule has 1 aromatic heterocycles. The fourth-order valence-corrected chi connectivity index (χ4v) is 4.16. The van der Waals surface area contributed by atoms with E-state index in [1.54, 1.807) is 13.2 Å². The summed E-state index contributed by atoms with van der Waals surface area (Å²) < 4.78 is 22.9. The summed E-state index contributed by atoms with van der Waals surface area (Å²) in [6.07, 6.45) is 3.89. The van der Waals surface area contributed by atoms with Crippen LogP contribution in [0.2, 0.25) is 0 Å². The maximum Gasteiger partial charge on any atom is 0.248 e. The normalized spacial score (nSPS) is 15.1. The van der Waals surface area contributed by atoms with Gasteiger partial charge in [-0.15, -0.1) is 0 Å². The van der Waals surface area contributed by atoms with Gasteiger partial charge in [-0.2, -0.15) is 0 Å². The summed E-state index contributed by atoms with van der Waals surface area (Å²) in [6, 6.07) is 13.6. The van der Waals surface area contributed by atoms with Crippen LogP contribution in [0.15, 0.2) is 53.0 Å². The Bertz CT molecular complexity index is 1180. The molecular formula is C25H24N2O5. The third-order valence-electron chi connectivity index (χ3n) is 5.69. The van der Waals surface area contributed by atoms with E-state index in [1.165, 1.54) is 6.08 Å². The van der Waals surface area contributed by atoms with Gasteiger partial charge in [0.25, 0.3) is 0 Å². The van der Waals surface area contributed by atoms with E-state index in [4.69, 9.17) is 18.6 Å². The summed E-state index contributed by atoms with van der Waals surface area (Å²) in [5.41, 5.74) is 3.68. The van der Waals surface area contributed by atoms with Crippen LogP contribution >= 0.6 is 0 Å². The minimum absolute atomic E-state index is 0.0950. The number of furan rings is 1. The molecular weight excluding hydrogens is 408 g/mol. The van der Waals surface area contributed by atoms with Gasteiger partial charge in [-0.1, -0.05) is 30.3 Å². The van der Waals surface area contributed by atoms with Crippen molar-refractivity contribution < 1.29 is 23.4 Å². The first-order valence-electron chi connectivity index (χ1n) is 10.5. The van der Waals surface area contributed by atoms with Crippen molar-refractivity contribution in [3.05, 3.63) is 65.4 Å². The predicted octanol–water partition coefficient (Wildman–Crippen LogP) is 4.32. The molecule has 0 unspecified atom stereocenters. The van der Waals surface area contributed by atoms with Crippen molar-refractivity contribution in [3.63, 3.8) is 0 Å². The molecule has 32 heavy (non-hydrogen) atoms. The second-order valence-corrected chi connectivity index (χ2v) is 7.81. The molecule has 0 bridgehead atoms. The molecule has 0 fully saturated rings. The minimum Gasteiger partial charge on any atom is -0.492 e. The number of hydrogen-bond donors (Lipinski definition) is 1. The Morgan fingerprint density at radius 1 is 1.09 bits per heavy atom. The highest BCUT2D eigenvalue weighted by atomic mass is 16.7. The average Bonchev–Trinajstić information content (AvgIpc) is 3.48. The maximum absolute atomic E-state index is 12.8. The Morgan fingerprint density at radius 2 is 1.91 bits per heavy atom. The molecule has 7 heteroatoms. The highest BCUT2D eigenvalue weighted by molar-refractivity contribution is 6.04. The summed E-state index contributed by atoms with van der Waals surface area (Å²) >= 11 is 0. The van der Waals surface area contributed by atoms with Gasteiger partial charge in [0.1, 0.15) is 11.5 Å². The first-order chi connectivity index (χ1) is 15.6. The molecule has 164 valence electrons. The molecule has 3 aromatic rings.